The average Bonchev–Trinajstić information content (AvgIpc) is 2.54. The molecular formula is C12H23N3O. The summed E-state index contributed by atoms with van der Waals surface area (Å²) in [5.74, 6) is -0.226. The second-order valence-corrected chi connectivity index (χ2v) is 4.56. The Labute approximate surface area is 97.9 Å². The molecule has 1 unspecified atom stereocenters. The molecule has 4 heteroatoms. The number of hydrogen-bond donors (Lipinski definition) is 2. The molecule has 1 saturated heterocycles. The molecular weight excluding hydrogens is 202 g/mol. The first-order chi connectivity index (χ1) is 7.61. The topological polar surface area (TPSA) is 58.4 Å². The third kappa shape index (κ3) is 3.06. The van der Waals surface area contributed by atoms with Gasteiger partial charge < -0.3 is 11.1 Å². The zero-order valence-corrected chi connectivity index (χ0v) is 10.2. The molecule has 92 valence electrons. The molecule has 0 aromatic heterocycles. The van der Waals surface area contributed by atoms with E-state index in [1.54, 1.807) is 0 Å². The largest absolute Gasteiger partial charge is 0.368 e. The Kier molecular flexibility index (Phi) is 4.96. The summed E-state index contributed by atoms with van der Waals surface area (Å²) in [4.78, 5) is 13.9. The van der Waals surface area contributed by atoms with E-state index in [0.29, 0.717) is 0 Å². The summed E-state index contributed by atoms with van der Waals surface area (Å²) in [5.41, 5.74) is 5.03. The van der Waals surface area contributed by atoms with E-state index in [0.717, 1.165) is 45.4 Å². The van der Waals surface area contributed by atoms with Crippen molar-refractivity contribution in [3.63, 3.8) is 0 Å². The fourth-order valence-corrected chi connectivity index (χ4v) is 2.16. The van der Waals surface area contributed by atoms with Crippen molar-refractivity contribution in [2.24, 2.45) is 5.73 Å². The molecule has 1 aliphatic heterocycles. The van der Waals surface area contributed by atoms with Gasteiger partial charge in [0, 0.05) is 19.6 Å². The van der Waals surface area contributed by atoms with Gasteiger partial charge in [-0.2, -0.15) is 0 Å². The summed E-state index contributed by atoms with van der Waals surface area (Å²) in [6.07, 6.45) is 4.49. The zero-order valence-electron chi connectivity index (χ0n) is 10.2. The molecule has 0 bridgehead atoms. The minimum atomic E-state index is -0.528. The summed E-state index contributed by atoms with van der Waals surface area (Å²) < 4.78 is 0. The molecule has 0 aromatic carbocycles. The fourth-order valence-electron chi connectivity index (χ4n) is 2.16. The standard InChI is InChI=1S/C12H23N3O/c1-3-4-6-12(2,11(13)16)15-9-5-7-14-8-10-15/h3,14H,1,4-10H2,2H3,(H2,13,16). The van der Waals surface area contributed by atoms with Gasteiger partial charge in [-0.15, -0.1) is 6.58 Å². The molecule has 3 N–H and O–H groups in total. The molecule has 1 fully saturated rings. The number of carbonyl (C=O) groups is 1. The smallest absolute Gasteiger partial charge is 0.237 e. The second-order valence-electron chi connectivity index (χ2n) is 4.56. The Bertz CT molecular complexity index is 247. The highest BCUT2D eigenvalue weighted by Crippen LogP contribution is 2.22. The van der Waals surface area contributed by atoms with Crippen LogP contribution >= 0.6 is 0 Å². The molecule has 0 aliphatic carbocycles. The van der Waals surface area contributed by atoms with E-state index >= 15 is 0 Å². The molecule has 0 saturated carbocycles. The molecule has 16 heavy (non-hydrogen) atoms. The van der Waals surface area contributed by atoms with Gasteiger partial charge in [0.05, 0.1) is 5.54 Å². The predicted octanol–water partition coefficient (Wildman–Crippen LogP) is 0.492. The first-order valence-corrected chi connectivity index (χ1v) is 5.98. The van der Waals surface area contributed by atoms with Gasteiger partial charge in [0.25, 0.3) is 0 Å². The van der Waals surface area contributed by atoms with Crippen molar-refractivity contribution in [1.82, 2.24) is 10.2 Å². The summed E-state index contributed by atoms with van der Waals surface area (Å²) >= 11 is 0. The number of allylic oxidation sites excluding steroid dienone is 1. The van der Waals surface area contributed by atoms with Gasteiger partial charge in [-0.3, -0.25) is 9.69 Å². The Morgan fingerprint density at radius 1 is 1.56 bits per heavy atom. The third-order valence-electron chi connectivity index (χ3n) is 3.40. The Morgan fingerprint density at radius 2 is 2.31 bits per heavy atom. The summed E-state index contributed by atoms with van der Waals surface area (Å²) in [6, 6.07) is 0. The Balaban J connectivity index is 2.72. The van der Waals surface area contributed by atoms with E-state index in [2.05, 4.69) is 16.8 Å². The lowest BCUT2D eigenvalue weighted by Gasteiger charge is -2.38. The van der Waals surface area contributed by atoms with Crippen LogP contribution in [0, 0.1) is 0 Å². The number of hydrogen-bond acceptors (Lipinski definition) is 3. The van der Waals surface area contributed by atoms with Gasteiger partial charge in [0.15, 0.2) is 0 Å². The SMILES string of the molecule is C=CCCC(C)(C(N)=O)N1CCCNCC1. The van der Waals surface area contributed by atoms with E-state index in [1.807, 2.05) is 13.0 Å². The third-order valence-corrected chi connectivity index (χ3v) is 3.40. The maximum atomic E-state index is 11.7. The lowest BCUT2D eigenvalue weighted by molar-refractivity contribution is -0.129. The average molecular weight is 225 g/mol. The number of primary amides is 1. The van der Waals surface area contributed by atoms with Crippen LogP contribution in [0.25, 0.3) is 0 Å². The molecule has 0 aromatic rings. The van der Waals surface area contributed by atoms with Crippen LogP contribution in [0.1, 0.15) is 26.2 Å². The van der Waals surface area contributed by atoms with Crippen molar-refractivity contribution in [2.75, 3.05) is 26.2 Å². The fraction of sp³-hybridized carbons (Fsp3) is 0.750. The minimum absolute atomic E-state index is 0.226. The van der Waals surface area contributed by atoms with Gasteiger partial charge in [-0.05, 0) is 32.7 Å². The van der Waals surface area contributed by atoms with Crippen molar-refractivity contribution in [3.05, 3.63) is 12.7 Å². The second kappa shape index (κ2) is 6.01. The maximum Gasteiger partial charge on any atom is 0.237 e. The number of nitrogens with two attached hydrogens (primary N) is 1. The van der Waals surface area contributed by atoms with Crippen LogP contribution in [-0.2, 0) is 4.79 Å². The number of nitrogens with one attached hydrogen (secondary N) is 1. The van der Waals surface area contributed by atoms with E-state index in [1.165, 1.54) is 0 Å². The predicted molar refractivity (Wildman–Crippen MR) is 66.1 cm³/mol. The number of carbonyl (C=O) groups excluding carboxylic acids is 1. The molecule has 1 rings (SSSR count). The summed E-state index contributed by atoms with van der Waals surface area (Å²) in [7, 11) is 0. The van der Waals surface area contributed by atoms with Crippen molar-refractivity contribution < 1.29 is 4.79 Å². The molecule has 1 atom stereocenters. The Hall–Kier alpha value is -0.870. The number of rotatable bonds is 5. The van der Waals surface area contributed by atoms with Crippen LogP contribution < -0.4 is 11.1 Å². The lowest BCUT2D eigenvalue weighted by Crippen LogP contribution is -2.56. The zero-order chi connectivity index (χ0) is 12.0. The summed E-state index contributed by atoms with van der Waals surface area (Å²) in [5, 5.41) is 3.33. The van der Waals surface area contributed by atoms with E-state index in [-0.39, 0.29) is 5.91 Å². The van der Waals surface area contributed by atoms with Crippen molar-refractivity contribution in [2.45, 2.75) is 31.7 Å². The quantitative estimate of drug-likeness (QED) is 0.670. The highest BCUT2D eigenvalue weighted by molar-refractivity contribution is 5.84. The molecule has 4 nitrogen and oxygen atoms in total. The monoisotopic (exact) mass is 225 g/mol. The van der Waals surface area contributed by atoms with Gasteiger partial charge >= 0.3 is 0 Å². The highest BCUT2D eigenvalue weighted by atomic mass is 16.1. The first kappa shape index (κ1) is 13.2. The highest BCUT2D eigenvalue weighted by Gasteiger charge is 2.36. The van der Waals surface area contributed by atoms with Crippen LogP contribution in [0.15, 0.2) is 12.7 Å². The van der Waals surface area contributed by atoms with Crippen LogP contribution in [0.5, 0.6) is 0 Å². The molecule has 1 aliphatic rings. The molecule has 0 radical (unpaired) electrons. The molecule has 1 amide bonds. The van der Waals surface area contributed by atoms with Gasteiger partial charge in [-0.1, -0.05) is 6.08 Å². The van der Waals surface area contributed by atoms with Crippen molar-refractivity contribution in [1.29, 1.82) is 0 Å². The summed E-state index contributed by atoms with van der Waals surface area (Å²) in [6.45, 7) is 9.42. The molecule has 0 spiro atoms. The van der Waals surface area contributed by atoms with Gasteiger partial charge in [-0.25, -0.2) is 0 Å². The van der Waals surface area contributed by atoms with Crippen LogP contribution in [0.4, 0.5) is 0 Å². The van der Waals surface area contributed by atoms with Gasteiger partial charge in [0.2, 0.25) is 5.91 Å². The number of nitrogens with zero attached hydrogens (tertiary/aromatic N) is 1. The van der Waals surface area contributed by atoms with E-state index in [4.69, 9.17) is 5.73 Å². The first-order valence-electron chi connectivity index (χ1n) is 5.98. The van der Waals surface area contributed by atoms with E-state index < -0.39 is 5.54 Å². The minimum Gasteiger partial charge on any atom is -0.368 e. The molecule has 1 heterocycles. The maximum absolute atomic E-state index is 11.7. The van der Waals surface area contributed by atoms with Crippen LogP contribution in [0.2, 0.25) is 0 Å². The van der Waals surface area contributed by atoms with Crippen molar-refractivity contribution in [3.8, 4) is 0 Å². The van der Waals surface area contributed by atoms with Crippen LogP contribution in [-0.4, -0.2) is 42.5 Å². The number of amides is 1. The Morgan fingerprint density at radius 3 is 2.94 bits per heavy atom. The van der Waals surface area contributed by atoms with Gasteiger partial charge in [0.1, 0.15) is 0 Å². The van der Waals surface area contributed by atoms with Crippen molar-refractivity contribution >= 4 is 5.91 Å². The van der Waals surface area contributed by atoms with Crippen LogP contribution in [0.3, 0.4) is 0 Å². The van der Waals surface area contributed by atoms with E-state index in [9.17, 15) is 4.79 Å². The lowest BCUT2D eigenvalue weighted by atomic mass is 9.92. The normalized spacial score (nSPS) is 22.1.